The van der Waals surface area contributed by atoms with Crippen molar-refractivity contribution in [1.82, 2.24) is 10.3 Å². The number of hydrogen-bond acceptors (Lipinski definition) is 4. The Morgan fingerprint density at radius 1 is 1.22 bits per heavy atom. The number of fused-ring (bicyclic) bond motifs is 1. The first-order valence-corrected chi connectivity index (χ1v) is 8.86. The van der Waals surface area contributed by atoms with Crippen molar-refractivity contribution in [2.24, 2.45) is 11.8 Å². The number of nitrogens with one attached hydrogen (secondary N) is 1. The van der Waals surface area contributed by atoms with E-state index in [0.717, 1.165) is 5.56 Å². The van der Waals surface area contributed by atoms with Crippen LogP contribution in [0.4, 0.5) is 4.39 Å². The number of nitrogens with two attached hydrogens (primary N) is 1. The molecule has 2 aromatic rings. The molecule has 0 bridgehead atoms. The molecule has 0 radical (unpaired) electrons. The zero-order valence-electron chi connectivity index (χ0n) is 14.9. The van der Waals surface area contributed by atoms with Gasteiger partial charge in [0.15, 0.2) is 0 Å². The van der Waals surface area contributed by atoms with E-state index < -0.39 is 11.9 Å². The Bertz CT molecular complexity index is 955. The first-order valence-electron chi connectivity index (χ1n) is 8.86. The summed E-state index contributed by atoms with van der Waals surface area (Å²) in [6.45, 7) is 1.94. The third-order valence-corrected chi connectivity index (χ3v) is 5.26. The molecular formula is C21H20FN3O2. The normalized spacial score (nSPS) is 19.6. The lowest BCUT2D eigenvalue weighted by molar-refractivity contribution is -0.116. The van der Waals surface area contributed by atoms with Crippen LogP contribution in [-0.2, 0) is 16.1 Å². The van der Waals surface area contributed by atoms with Crippen LogP contribution in [-0.4, -0.2) is 16.7 Å². The number of rotatable bonds is 4. The van der Waals surface area contributed by atoms with Crippen molar-refractivity contribution < 1.29 is 14.0 Å². The lowest BCUT2D eigenvalue weighted by Crippen LogP contribution is -2.38. The second-order valence-electron chi connectivity index (χ2n) is 6.99. The molecule has 1 heterocycles. The molecule has 1 saturated carbocycles. The van der Waals surface area contributed by atoms with E-state index in [9.17, 15) is 14.0 Å². The Kier molecular flexibility index (Phi) is 4.28. The first kappa shape index (κ1) is 17.4. The number of hydrazine groups is 1. The first-order chi connectivity index (χ1) is 13.0. The number of nitrogens with zero attached hydrogens (tertiary/aromatic N) is 1. The summed E-state index contributed by atoms with van der Waals surface area (Å²) in [7, 11) is 0. The summed E-state index contributed by atoms with van der Waals surface area (Å²) in [5, 5.41) is 4.36. The van der Waals surface area contributed by atoms with Gasteiger partial charge in [-0.1, -0.05) is 42.5 Å². The minimum absolute atomic E-state index is 0.130. The van der Waals surface area contributed by atoms with Crippen molar-refractivity contribution in [2.45, 2.75) is 25.9 Å². The predicted molar refractivity (Wildman–Crippen MR) is 99.2 cm³/mol. The van der Waals surface area contributed by atoms with Crippen LogP contribution in [0, 0.1) is 11.7 Å². The van der Waals surface area contributed by atoms with Gasteiger partial charge in [-0.2, -0.15) is 0 Å². The highest BCUT2D eigenvalue weighted by atomic mass is 19.1. The maximum absolute atomic E-state index is 14.2. The molecule has 27 heavy (non-hydrogen) atoms. The number of halogens is 1. The molecular weight excluding hydrogens is 345 g/mol. The average molecular weight is 365 g/mol. The lowest BCUT2D eigenvalue weighted by atomic mass is 9.92. The smallest absolute Gasteiger partial charge is 0.254 e. The Hall–Kier alpha value is -2.99. The number of carbonyl (C=O) groups is 2. The van der Waals surface area contributed by atoms with E-state index in [1.54, 1.807) is 19.1 Å². The van der Waals surface area contributed by atoms with E-state index in [1.165, 1.54) is 11.1 Å². The molecule has 3 N–H and O–H groups in total. The number of amides is 1. The summed E-state index contributed by atoms with van der Waals surface area (Å²) in [6, 6.07) is 13.7. The average Bonchev–Trinajstić information content (AvgIpc) is 3.38. The highest BCUT2D eigenvalue weighted by molar-refractivity contribution is 6.21. The van der Waals surface area contributed by atoms with Crippen LogP contribution in [0.1, 0.15) is 36.1 Å². The molecule has 138 valence electrons. The number of carbonyl (C=O) groups excluding carboxylic acids is 2. The van der Waals surface area contributed by atoms with Gasteiger partial charge in [-0.05, 0) is 24.1 Å². The maximum Gasteiger partial charge on any atom is 0.254 e. The van der Waals surface area contributed by atoms with Gasteiger partial charge in [0, 0.05) is 23.6 Å². The fourth-order valence-electron chi connectivity index (χ4n) is 3.62. The van der Waals surface area contributed by atoms with E-state index in [0.29, 0.717) is 28.8 Å². The van der Waals surface area contributed by atoms with Crippen LogP contribution < -0.4 is 11.2 Å². The predicted octanol–water partition coefficient (Wildman–Crippen LogP) is 2.69. The van der Waals surface area contributed by atoms with Crippen molar-refractivity contribution in [3.8, 4) is 0 Å². The zero-order chi connectivity index (χ0) is 19.1. The number of allylic oxidation sites excluding steroid dienone is 1. The quantitative estimate of drug-likeness (QED) is 0.817. The molecule has 1 aliphatic carbocycles. The standard InChI is InChI=1S/C21H20FN3O2/c1-12-19(14-8-5-9-17(22)16(14)11-25(12)23)21(27)24-20(15-10-18(15)26)13-6-3-2-4-7-13/h2-9,15,20H,10-11,23H2,1H3,(H,24,27)/t15?,20-/m1/s1. The summed E-state index contributed by atoms with van der Waals surface area (Å²) < 4.78 is 14.2. The Morgan fingerprint density at radius 3 is 2.59 bits per heavy atom. The molecule has 0 spiro atoms. The van der Waals surface area contributed by atoms with Crippen molar-refractivity contribution in [3.63, 3.8) is 0 Å². The molecule has 2 atom stereocenters. The summed E-state index contributed by atoms with van der Waals surface area (Å²) in [5.74, 6) is 5.16. The molecule has 0 saturated heterocycles. The van der Waals surface area contributed by atoms with Crippen LogP contribution >= 0.6 is 0 Å². The summed E-state index contributed by atoms with van der Waals surface area (Å²) in [4.78, 5) is 24.9. The second-order valence-corrected chi connectivity index (χ2v) is 6.99. The third kappa shape index (κ3) is 3.13. The van der Waals surface area contributed by atoms with Crippen molar-refractivity contribution >= 4 is 17.3 Å². The molecule has 0 aromatic heterocycles. The van der Waals surface area contributed by atoms with Crippen molar-refractivity contribution in [1.29, 1.82) is 0 Å². The van der Waals surface area contributed by atoms with Crippen LogP contribution in [0.25, 0.3) is 5.57 Å². The molecule has 2 aromatic carbocycles. The van der Waals surface area contributed by atoms with E-state index in [2.05, 4.69) is 5.32 Å². The molecule has 1 fully saturated rings. The summed E-state index contributed by atoms with van der Waals surface area (Å²) in [5.41, 5.74) is 2.72. The van der Waals surface area contributed by atoms with Crippen LogP contribution in [0.5, 0.6) is 0 Å². The van der Waals surface area contributed by atoms with Crippen molar-refractivity contribution in [3.05, 3.63) is 76.7 Å². The number of ketones is 1. The minimum Gasteiger partial charge on any atom is -0.344 e. The fraction of sp³-hybridized carbons (Fsp3) is 0.238. The molecule has 1 unspecified atom stereocenters. The van der Waals surface area contributed by atoms with E-state index in [1.807, 2.05) is 30.3 Å². The van der Waals surface area contributed by atoms with Gasteiger partial charge in [-0.15, -0.1) is 0 Å². The number of Topliss-reactive ketones (excluding diaryl/α,β-unsaturated/α-hetero) is 1. The Balaban J connectivity index is 1.70. The second kappa shape index (κ2) is 6.63. The van der Waals surface area contributed by atoms with E-state index >= 15 is 0 Å². The molecule has 6 heteroatoms. The van der Waals surface area contributed by atoms with Crippen LogP contribution in [0.2, 0.25) is 0 Å². The molecule has 1 amide bonds. The van der Waals surface area contributed by atoms with Crippen molar-refractivity contribution in [2.75, 3.05) is 0 Å². The fourth-order valence-corrected chi connectivity index (χ4v) is 3.62. The lowest BCUT2D eigenvalue weighted by Gasteiger charge is -2.30. The Labute approximate surface area is 156 Å². The monoisotopic (exact) mass is 365 g/mol. The van der Waals surface area contributed by atoms with Gasteiger partial charge < -0.3 is 10.3 Å². The number of hydrogen-bond donors (Lipinski definition) is 2. The van der Waals surface area contributed by atoms with Crippen LogP contribution in [0.15, 0.2) is 54.2 Å². The van der Waals surface area contributed by atoms with Gasteiger partial charge in [0.1, 0.15) is 11.6 Å². The summed E-state index contributed by atoms with van der Waals surface area (Å²) >= 11 is 0. The number of benzene rings is 2. The SMILES string of the molecule is CC1=C(C(=O)N[C@H](c2ccccc2)C2CC2=O)c2cccc(F)c2CN1N. The molecule has 5 nitrogen and oxygen atoms in total. The topological polar surface area (TPSA) is 75.4 Å². The van der Waals surface area contributed by atoms with E-state index in [-0.39, 0.29) is 24.2 Å². The van der Waals surface area contributed by atoms with E-state index in [4.69, 9.17) is 5.84 Å². The van der Waals surface area contributed by atoms with Gasteiger partial charge in [0.05, 0.1) is 18.2 Å². The van der Waals surface area contributed by atoms with Gasteiger partial charge in [-0.25, -0.2) is 10.2 Å². The van der Waals surface area contributed by atoms with Gasteiger partial charge >= 0.3 is 0 Å². The van der Waals surface area contributed by atoms with Crippen LogP contribution in [0.3, 0.4) is 0 Å². The van der Waals surface area contributed by atoms with Gasteiger partial charge in [0.25, 0.3) is 5.91 Å². The summed E-state index contributed by atoms with van der Waals surface area (Å²) in [6.07, 6.45) is 0.450. The maximum atomic E-state index is 14.2. The largest absolute Gasteiger partial charge is 0.344 e. The van der Waals surface area contributed by atoms with Gasteiger partial charge in [-0.3, -0.25) is 9.59 Å². The molecule has 2 aliphatic rings. The Morgan fingerprint density at radius 2 is 1.93 bits per heavy atom. The molecule has 1 aliphatic heterocycles. The highest BCUT2D eigenvalue weighted by Gasteiger charge is 2.43. The minimum atomic E-state index is -0.406. The van der Waals surface area contributed by atoms with Gasteiger partial charge in [0.2, 0.25) is 0 Å². The zero-order valence-corrected chi connectivity index (χ0v) is 14.9. The highest BCUT2D eigenvalue weighted by Crippen LogP contribution is 2.39. The third-order valence-electron chi connectivity index (χ3n) is 5.26. The molecule has 4 rings (SSSR count).